The van der Waals surface area contributed by atoms with Crippen molar-refractivity contribution < 1.29 is 4.74 Å². The average Bonchev–Trinajstić information content (AvgIpc) is 3.27. The van der Waals surface area contributed by atoms with Crippen LogP contribution in [-0.2, 0) is 10.2 Å². The number of guanidine groups is 1. The Morgan fingerprint density at radius 2 is 1.95 bits per heavy atom. The zero-order valence-electron chi connectivity index (χ0n) is 11.9. The van der Waals surface area contributed by atoms with Crippen LogP contribution in [0.25, 0.3) is 0 Å². The molecule has 0 amide bonds. The molecule has 0 aromatic heterocycles. The van der Waals surface area contributed by atoms with E-state index in [4.69, 9.17) is 22.1 Å². The lowest BCUT2D eigenvalue weighted by molar-refractivity contribution is 0.0674. The van der Waals surface area contributed by atoms with Crippen molar-refractivity contribution >= 4 is 41.5 Å². The van der Waals surface area contributed by atoms with Gasteiger partial charge in [-0.05, 0) is 24.5 Å². The Balaban J connectivity index is 0.00000161. The van der Waals surface area contributed by atoms with Crippen LogP contribution in [-0.4, -0.2) is 43.7 Å². The molecule has 2 N–H and O–H groups in total. The molecule has 1 aliphatic carbocycles. The summed E-state index contributed by atoms with van der Waals surface area (Å²) >= 11 is 6.31. The van der Waals surface area contributed by atoms with Gasteiger partial charge in [0.05, 0.1) is 19.8 Å². The van der Waals surface area contributed by atoms with Gasteiger partial charge in [0, 0.05) is 23.5 Å². The zero-order chi connectivity index (χ0) is 14.0. The normalized spacial score (nSPS) is 20.8. The minimum Gasteiger partial charge on any atom is -0.378 e. The Hall–Kier alpha value is -0.530. The van der Waals surface area contributed by atoms with Crippen LogP contribution in [0.4, 0.5) is 0 Å². The molecule has 0 unspecified atom stereocenters. The Morgan fingerprint density at radius 1 is 1.29 bits per heavy atom. The predicted molar refractivity (Wildman–Crippen MR) is 96.7 cm³/mol. The summed E-state index contributed by atoms with van der Waals surface area (Å²) in [6, 6.07) is 8.06. The van der Waals surface area contributed by atoms with Gasteiger partial charge in [0.1, 0.15) is 0 Å². The molecule has 2 aliphatic rings. The molecule has 3 rings (SSSR count). The van der Waals surface area contributed by atoms with Gasteiger partial charge in [-0.15, -0.1) is 24.0 Å². The van der Waals surface area contributed by atoms with E-state index < -0.39 is 0 Å². The van der Waals surface area contributed by atoms with E-state index in [0.29, 0.717) is 5.96 Å². The number of rotatable bonds is 3. The Morgan fingerprint density at radius 3 is 2.57 bits per heavy atom. The lowest BCUT2D eigenvalue weighted by Gasteiger charge is -2.28. The third-order valence-corrected chi connectivity index (χ3v) is 4.51. The van der Waals surface area contributed by atoms with Crippen molar-refractivity contribution in [2.45, 2.75) is 18.3 Å². The van der Waals surface area contributed by atoms with Crippen LogP contribution in [0.2, 0.25) is 5.02 Å². The molecule has 21 heavy (non-hydrogen) atoms. The Labute approximate surface area is 147 Å². The summed E-state index contributed by atoms with van der Waals surface area (Å²) in [4.78, 5) is 6.70. The second-order valence-electron chi connectivity index (χ2n) is 5.53. The highest BCUT2D eigenvalue weighted by molar-refractivity contribution is 14.0. The molecule has 116 valence electrons. The lowest BCUT2D eigenvalue weighted by Crippen LogP contribution is -2.45. The molecule has 0 spiro atoms. The number of halogens is 2. The fraction of sp³-hybridized carbons (Fsp3) is 0.533. The SMILES string of the molecule is I.NC(=NCC1(c2ccccc2Cl)CC1)N1CCOCC1. The van der Waals surface area contributed by atoms with Crippen molar-refractivity contribution in [2.75, 3.05) is 32.8 Å². The van der Waals surface area contributed by atoms with E-state index >= 15 is 0 Å². The maximum absolute atomic E-state index is 6.31. The van der Waals surface area contributed by atoms with Gasteiger partial charge in [-0.3, -0.25) is 4.99 Å². The molecule has 0 bridgehead atoms. The first-order valence-electron chi connectivity index (χ1n) is 7.09. The first-order chi connectivity index (χ1) is 9.71. The summed E-state index contributed by atoms with van der Waals surface area (Å²) in [5.74, 6) is 0.631. The van der Waals surface area contributed by atoms with Gasteiger partial charge in [-0.1, -0.05) is 29.8 Å². The molecule has 0 radical (unpaired) electrons. The van der Waals surface area contributed by atoms with Gasteiger partial charge in [0.15, 0.2) is 5.96 Å². The Kier molecular flexibility index (Phi) is 5.73. The van der Waals surface area contributed by atoms with Crippen molar-refractivity contribution in [3.8, 4) is 0 Å². The van der Waals surface area contributed by atoms with Crippen molar-refractivity contribution in [3.63, 3.8) is 0 Å². The summed E-state index contributed by atoms with van der Waals surface area (Å²) in [5.41, 5.74) is 7.40. The van der Waals surface area contributed by atoms with E-state index in [2.05, 4.69) is 16.0 Å². The van der Waals surface area contributed by atoms with Crippen LogP contribution in [0.5, 0.6) is 0 Å². The Bertz CT molecular complexity index is 513. The molecular weight excluding hydrogens is 401 g/mol. The van der Waals surface area contributed by atoms with E-state index in [9.17, 15) is 0 Å². The van der Waals surface area contributed by atoms with E-state index in [1.165, 1.54) is 5.56 Å². The van der Waals surface area contributed by atoms with Gasteiger partial charge >= 0.3 is 0 Å². The number of hydrogen-bond acceptors (Lipinski definition) is 2. The lowest BCUT2D eigenvalue weighted by atomic mass is 9.96. The van der Waals surface area contributed by atoms with E-state index in [0.717, 1.165) is 50.7 Å². The van der Waals surface area contributed by atoms with Crippen LogP contribution in [0.15, 0.2) is 29.3 Å². The zero-order valence-corrected chi connectivity index (χ0v) is 15.0. The number of nitrogens with zero attached hydrogens (tertiary/aromatic N) is 2. The van der Waals surface area contributed by atoms with Crippen molar-refractivity contribution in [2.24, 2.45) is 10.7 Å². The molecule has 0 atom stereocenters. The fourth-order valence-corrected chi connectivity index (χ4v) is 3.02. The molecule has 1 aromatic rings. The van der Waals surface area contributed by atoms with Crippen molar-refractivity contribution in [3.05, 3.63) is 34.9 Å². The number of hydrogen-bond donors (Lipinski definition) is 1. The highest BCUT2D eigenvalue weighted by Crippen LogP contribution is 2.50. The van der Waals surface area contributed by atoms with Gasteiger partial charge in [0.2, 0.25) is 0 Å². The van der Waals surface area contributed by atoms with Gasteiger partial charge < -0.3 is 15.4 Å². The number of morpholine rings is 1. The quantitative estimate of drug-likeness (QED) is 0.464. The van der Waals surface area contributed by atoms with E-state index in [-0.39, 0.29) is 29.4 Å². The highest BCUT2D eigenvalue weighted by atomic mass is 127. The summed E-state index contributed by atoms with van der Waals surface area (Å²) < 4.78 is 5.32. The summed E-state index contributed by atoms with van der Waals surface area (Å²) in [7, 11) is 0. The first-order valence-corrected chi connectivity index (χ1v) is 7.47. The third-order valence-electron chi connectivity index (χ3n) is 4.18. The van der Waals surface area contributed by atoms with Gasteiger partial charge in [-0.2, -0.15) is 0 Å². The third kappa shape index (κ3) is 3.81. The smallest absolute Gasteiger partial charge is 0.191 e. The molecule has 1 heterocycles. The number of benzene rings is 1. The monoisotopic (exact) mass is 421 g/mol. The fourth-order valence-electron chi connectivity index (χ4n) is 2.68. The second kappa shape index (κ2) is 7.15. The standard InChI is InChI=1S/C15H20ClN3O.HI/c16-13-4-2-1-3-12(13)15(5-6-15)11-18-14(17)19-7-9-20-10-8-19;/h1-4H,5-11H2,(H2,17,18);1H. The molecular formula is C15H21ClIN3O. The molecule has 1 saturated carbocycles. The minimum atomic E-state index is 0. The largest absolute Gasteiger partial charge is 0.378 e. The predicted octanol–water partition coefficient (Wildman–Crippen LogP) is 2.64. The number of ether oxygens (including phenoxy) is 1. The van der Waals surface area contributed by atoms with Gasteiger partial charge in [0.25, 0.3) is 0 Å². The summed E-state index contributed by atoms with van der Waals surface area (Å²) in [5, 5.41) is 0.838. The van der Waals surface area contributed by atoms with Crippen LogP contribution in [0.1, 0.15) is 18.4 Å². The van der Waals surface area contributed by atoms with Crippen LogP contribution < -0.4 is 5.73 Å². The topological polar surface area (TPSA) is 50.8 Å². The van der Waals surface area contributed by atoms with Crippen LogP contribution in [0, 0.1) is 0 Å². The minimum absolute atomic E-state index is 0. The molecule has 2 fully saturated rings. The van der Waals surface area contributed by atoms with E-state index in [1.807, 2.05) is 18.2 Å². The van der Waals surface area contributed by atoms with Crippen LogP contribution in [0.3, 0.4) is 0 Å². The van der Waals surface area contributed by atoms with Crippen molar-refractivity contribution in [1.29, 1.82) is 0 Å². The van der Waals surface area contributed by atoms with E-state index in [1.54, 1.807) is 0 Å². The highest BCUT2D eigenvalue weighted by Gasteiger charge is 2.45. The molecule has 1 aliphatic heterocycles. The number of nitrogens with two attached hydrogens (primary N) is 1. The van der Waals surface area contributed by atoms with Gasteiger partial charge in [-0.25, -0.2) is 0 Å². The molecule has 6 heteroatoms. The second-order valence-corrected chi connectivity index (χ2v) is 5.94. The summed E-state index contributed by atoms with van der Waals surface area (Å²) in [6.07, 6.45) is 2.27. The summed E-state index contributed by atoms with van der Waals surface area (Å²) in [6.45, 7) is 3.83. The average molecular weight is 422 g/mol. The maximum Gasteiger partial charge on any atom is 0.191 e. The number of aliphatic imine (C=N–C) groups is 1. The van der Waals surface area contributed by atoms with Crippen LogP contribution >= 0.6 is 35.6 Å². The molecule has 1 saturated heterocycles. The first kappa shape index (κ1) is 16.8. The van der Waals surface area contributed by atoms with Crippen molar-refractivity contribution in [1.82, 2.24) is 4.90 Å². The molecule has 4 nitrogen and oxygen atoms in total. The molecule has 1 aromatic carbocycles. The maximum atomic E-state index is 6.31.